The average molecular weight is 259 g/mol. The Morgan fingerprint density at radius 3 is 2.74 bits per heavy atom. The van der Waals surface area contributed by atoms with Gasteiger partial charge >= 0.3 is 5.97 Å². The minimum Gasteiger partial charge on any atom is -0.497 e. The maximum Gasteiger partial charge on any atom is 0.358 e. The second kappa shape index (κ2) is 5.34. The van der Waals surface area contributed by atoms with E-state index in [-0.39, 0.29) is 11.5 Å². The normalized spacial score (nSPS) is 10.0. The lowest BCUT2D eigenvalue weighted by atomic mass is 10.2. The highest BCUT2D eigenvalue weighted by Crippen LogP contribution is 2.26. The molecule has 2 rings (SSSR count). The summed E-state index contributed by atoms with van der Waals surface area (Å²) in [6.07, 6.45) is 2.81. The molecule has 2 aromatic rings. The zero-order valence-corrected chi connectivity index (χ0v) is 10.6. The van der Waals surface area contributed by atoms with E-state index in [1.54, 1.807) is 25.1 Å². The SMILES string of the molecule is COc1cccc(N(C)c2nccnc2C(=O)O)c1. The van der Waals surface area contributed by atoms with Crippen LogP contribution in [0.15, 0.2) is 36.7 Å². The first-order valence-electron chi connectivity index (χ1n) is 5.55. The predicted molar refractivity (Wildman–Crippen MR) is 70.0 cm³/mol. The van der Waals surface area contributed by atoms with E-state index in [1.165, 1.54) is 12.4 Å². The van der Waals surface area contributed by atoms with Crippen LogP contribution in [0.25, 0.3) is 0 Å². The van der Waals surface area contributed by atoms with E-state index < -0.39 is 5.97 Å². The van der Waals surface area contributed by atoms with Crippen molar-refractivity contribution in [3.8, 4) is 5.75 Å². The van der Waals surface area contributed by atoms with Crippen molar-refractivity contribution in [3.63, 3.8) is 0 Å². The van der Waals surface area contributed by atoms with Crippen molar-refractivity contribution in [3.05, 3.63) is 42.4 Å². The van der Waals surface area contributed by atoms with Crippen molar-refractivity contribution in [2.24, 2.45) is 0 Å². The fraction of sp³-hybridized carbons (Fsp3) is 0.154. The summed E-state index contributed by atoms with van der Waals surface area (Å²) < 4.78 is 5.14. The second-order valence-electron chi connectivity index (χ2n) is 3.79. The molecule has 19 heavy (non-hydrogen) atoms. The predicted octanol–water partition coefficient (Wildman–Crippen LogP) is 1.95. The number of anilines is 2. The summed E-state index contributed by atoms with van der Waals surface area (Å²) in [4.78, 5) is 20.7. The molecule has 1 heterocycles. The largest absolute Gasteiger partial charge is 0.497 e. The summed E-state index contributed by atoms with van der Waals surface area (Å²) in [6, 6.07) is 7.26. The summed E-state index contributed by atoms with van der Waals surface area (Å²) >= 11 is 0. The van der Waals surface area contributed by atoms with Gasteiger partial charge in [0.05, 0.1) is 7.11 Å². The average Bonchev–Trinajstić information content (AvgIpc) is 2.46. The molecule has 6 nitrogen and oxygen atoms in total. The van der Waals surface area contributed by atoms with Crippen LogP contribution in [0.3, 0.4) is 0 Å². The van der Waals surface area contributed by atoms with Crippen molar-refractivity contribution in [2.75, 3.05) is 19.1 Å². The number of ether oxygens (including phenoxy) is 1. The number of carbonyl (C=O) groups is 1. The molecule has 98 valence electrons. The summed E-state index contributed by atoms with van der Waals surface area (Å²) in [6.45, 7) is 0. The van der Waals surface area contributed by atoms with Crippen LogP contribution in [0.4, 0.5) is 11.5 Å². The number of aromatic carboxylic acids is 1. The molecular weight excluding hydrogens is 246 g/mol. The number of nitrogens with zero attached hydrogens (tertiary/aromatic N) is 3. The highest BCUT2D eigenvalue weighted by atomic mass is 16.5. The lowest BCUT2D eigenvalue weighted by Gasteiger charge is -2.19. The van der Waals surface area contributed by atoms with Crippen molar-refractivity contribution in [2.45, 2.75) is 0 Å². The molecule has 0 aliphatic carbocycles. The van der Waals surface area contributed by atoms with Gasteiger partial charge in [0.25, 0.3) is 0 Å². The molecule has 1 N–H and O–H groups in total. The molecule has 0 radical (unpaired) electrons. The number of benzene rings is 1. The molecule has 1 aromatic carbocycles. The third kappa shape index (κ3) is 2.62. The van der Waals surface area contributed by atoms with E-state index in [1.807, 2.05) is 18.2 Å². The molecule has 1 aromatic heterocycles. The van der Waals surface area contributed by atoms with Gasteiger partial charge < -0.3 is 14.7 Å². The molecule has 0 atom stereocenters. The lowest BCUT2D eigenvalue weighted by Crippen LogP contribution is -2.17. The maximum absolute atomic E-state index is 11.1. The number of methoxy groups -OCH3 is 1. The second-order valence-corrected chi connectivity index (χ2v) is 3.79. The Morgan fingerprint density at radius 1 is 1.32 bits per heavy atom. The third-order valence-corrected chi connectivity index (χ3v) is 2.64. The standard InChI is InChI=1S/C13H13N3O3/c1-16(9-4-3-5-10(8-9)19-2)12-11(13(17)18)14-6-7-15-12/h3-8H,1-2H3,(H,17,18). The van der Waals surface area contributed by atoms with Crippen LogP contribution in [0.2, 0.25) is 0 Å². The number of aromatic nitrogens is 2. The monoisotopic (exact) mass is 259 g/mol. The van der Waals surface area contributed by atoms with Gasteiger partial charge in [0.2, 0.25) is 0 Å². The molecule has 0 saturated carbocycles. The van der Waals surface area contributed by atoms with Gasteiger partial charge in [-0.05, 0) is 12.1 Å². The Morgan fingerprint density at radius 2 is 2.05 bits per heavy atom. The fourth-order valence-electron chi connectivity index (χ4n) is 1.67. The van der Waals surface area contributed by atoms with E-state index in [0.717, 1.165) is 5.69 Å². The van der Waals surface area contributed by atoms with Crippen LogP contribution < -0.4 is 9.64 Å². The highest BCUT2D eigenvalue weighted by molar-refractivity contribution is 5.92. The molecular formula is C13H13N3O3. The van der Waals surface area contributed by atoms with Gasteiger partial charge in [-0.15, -0.1) is 0 Å². The van der Waals surface area contributed by atoms with Gasteiger partial charge in [-0.3, -0.25) is 0 Å². The molecule has 0 aliphatic heterocycles. The number of hydrogen-bond donors (Lipinski definition) is 1. The fourth-order valence-corrected chi connectivity index (χ4v) is 1.67. The zero-order chi connectivity index (χ0) is 13.8. The molecule has 0 spiro atoms. The number of carboxylic acids is 1. The maximum atomic E-state index is 11.1. The van der Waals surface area contributed by atoms with Gasteiger partial charge in [-0.25, -0.2) is 14.8 Å². The van der Waals surface area contributed by atoms with Crippen LogP contribution in [0.1, 0.15) is 10.5 Å². The summed E-state index contributed by atoms with van der Waals surface area (Å²) in [5.74, 6) is -0.147. The first-order chi connectivity index (χ1) is 9.13. The van der Waals surface area contributed by atoms with Crippen LogP contribution in [-0.2, 0) is 0 Å². The molecule has 0 bridgehead atoms. The highest BCUT2D eigenvalue weighted by Gasteiger charge is 2.17. The molecule has 6 heteroatoms. The summed E-state index contributed by atoms with van der Waals surface area (Å²) in [5.41, 5.74) is 0.676. The van der Waals surface area contributed by atoms with Gasteiger partial charge in [0.15, 0.2) is 11.5 Å². The van der Waals surface area contributed by atoms with Gasteiger partial charge in [0.1, 0.15) is 5.75 Å². The van der Waals surface area contributed by atoms with E-state index >= 15 is 0 Å². The molecule has 0 unspecified atom stereocenters. The van der Waals surface area contributed by atoms with Gasteiger partial charge in [-0.1, -0.05) is 6.07 Å². The van der Waals surface area contributed by atoms with Gasteiger partial charge in [-0.2, -0.15) is 0 Å². The lowest BCUT2D eigenvalue weighted by molar-refractivity contribution is 0.0691. The Balaban J connectivity index is 2.43. The zero-order valence-electron chi connectivity index (χ0n) is 10.6. The minimum absolute atomic E-state index is 0.0900. The topological polar surface area (TPSA) is 75.5 Å². The number of hydrogen-bond acceptors (Lipinski definition) is 5. The Hall–Kier alpha value is -2.63. The summed E-state index contributed by atoms with van der Waals surface area (Å²) in [5, 5.41) is 9.11. The first-order valence-corrected chi connectivity index (χ1v) is 5.55. The van der Waals surface area contributed by atoms with E-state index in [4.69, 9.17) is 9.84 Å². The number of carboxylic acid groups (broad SMARTS) is 1. The Labute approximate surface area is 110 Å². The minimum atomic E-state index is -1.11. The molecule has 0 aliphatic rings. The molecule has 0 amide bonds. The van der Waals surface area contributed by atoms with E-state index in [0.29, 0.717) is 5.75 Å². The smallest absolute Gasteiger partial charge is 0.358 e. The quantitative estimate of drug-likeness (QED) is 0.904. The van der Waals surface area contributed by atoms with Crippen molar-refractivity contribution < 1.29 is 14.6 Å². The third-order valence-electron chi connectivity index (χ3n) is 2.64. The Kier molecular flexibility index (Phi) is 3.61. The van der Waals surface area contributed by atoms with Crippen molar-refractivity contribution >= 4 is 17.5 Å². The van der Waals surface area contributed by atoms with Crippen molar-refractivity contribution in [1.82, 2.24) is 9.97 Å². The molecule has 0 saturated heterocycles. The Bertz CT molecular complexity index is 601. The first kappa shape index (κ1) is 12.8. The van der Waals surface area contributed by atoms with E-state index in [9.17, 15) is 4.79 Å². The van der Waals surface area contributed by atoms with Crippen LogP contribution in [0, 0.1) is 0 Å². The molecule has 0 fully saturated rings. The van der Waals surface area contributed by atoms with Crippen molar-refractivity contribution in [1.29, 1.82) is 0 Å². The van der Waals surface area contributed by atoms with Gasteiger partial charge in [0, 0.05) is 31.2 Å². The van der Waals surface area contributed by atoms with Crippen LogP contribution >= 0.6 is 0 Å². The van der Waals surface area contributed by atoms with E-state index in [2.05, 4.69) is 9.97 Å². The van der Waals surface area contributed by atoms with Crippen LogP contribution in [-0.4, -0.2) is 35.2 Å². The van der Waals surface area contributed by atoms with Crippen LogP contribution in [0.5, 0.6) is 5.75 Å². The number of rotatable bonds is 4. The summed E-state index contributed by atoms with van der Waals surface area (Å²) in [7, 11) is 3.30.